The highest BCUT2D eigenvalue weighted by atomic mass is 16.5. The topological polar surface area (TPSA) is 88.0 Å². The van der Waals surface area contributed by atoms with Crippen LogP contribution in [-0.2, 0) is 14.3 Å². The van der Waals surface area contributed by atoms with Crippen molar-refractivity contribution in [3.63, 3.8) is 0 Å². The number of allylic oxidation sites excluding steroid dienone is 2. The van der Waals surface area contributed by atoms with Crippen LogP contribution < -0.4 is 5.32 Å². The number of aliphatic hydroxyl groups excluding tert-OH is 2. The fourth-order valence-electron chi connectivity index (χ4n) is 4.12. The van der Waals surface area contributed by atoms with E-state index in [4.69, 9.17) is 9.47 Å². The van der Waals surface area contributed by atoms with Crippen molar-refractivity contribution >= 4 is 5.91 Å². The molecule has 6 nitrogen and oxygen atoms in total. The first-order chi connectivity index (χ1) is 14.7. The Hall–Kier alpha value is -1.89. The van der Waals surface area contributed by atoms with Gasteiger partial charge in [0.25, 0.3) is 0 Å². The number of hydrogen-bond donors (Lipinski definition) is 3. The molecular formula is C25H39NO5. The molecule has 31 heavy (non-hydrogen) atoms. The van der Waals surface area contributed by atoms with Crippen molar-refractivity contribution in [2.24, 2.45) is 5.92 Å². The van der Waals surface area contributed by atoms with Gasteiger partial charge in [-0.25, -0.2) is 0 Å². The first kappa shape index (κ1) is 25.4. The molecule has 6 heteroatoms. The highest BCUT2D eigenvalue weighted by molar-refractivity contribution is 5.87. The molecule has 0 spiro atoms. The van der Waals surface area contributed by atoms with Crippen molar-refractivity contribution in [3.8, 4) is 0 Å². The maximum absolute atomic E-state index is 12.0. The molecule has 2 rings (SSSR count). The van der Waals surface area contributed by atoms with E-state index in [1.165, 1.54) is 18.4 Å². The van der Waals surface area contributed by atoms with Crippen molar-refractivity contribution in [2.45, 2.75) is 96.9 Å². The first-order valence-corrected chi connectivity index (χ1v) is 11.3. The molecule has 0 aromatic carbocycles. The summed E-state index contributed by atoms with van der Waals surface area (Å²) in [5.74, 6) is 0.112. The van der Waals surface area contributed by atoms with Gasteiger partial charge in [0.05, 0.1) is 42.8 Å². The van der Waals surface area contributed by atoms with Crippen LogP contribution in [0.2, 0.25) is 0 Å². The van der Waals surface area contributed by atoms with E-state index in [2.05, 4.69) is 37.4 Å². The third kappa shape index (κ3) is 8.63. The minimum Gasteiger partial charge on any atom is -0.516 e. The minimum atomic E-state index is -0.639. The number of aliphatic hydroxyl groups is 2. The third-order valence-electron chi connectivity index (χ3n) is 5.92. The molecule has 2 saturated heterocycles. The van der Waals surface area contributed by atoms with Crippen LogP contribution in [-0.4, -0.2) is 52.7 Å². The molecule has 2 fully saturated rings. The highest BCUT2D eigenvalue weighted by Gasteiger charge is 2.33. The molecule has 7 atom stereocenters. The second kappa shape index (κ2) is 12.2. The normalized spacial score (nSPS) is 35.0. The largest absolute Gasteiger partial charge is 0.516 e. The van der Waals surface area contributed by atoms with Gasteiger partial charge < -0.3 is 25.0 Å². The average Bonchev–Trinajstić information content (AvgIpc) is 2.71. The molecule has 2 aliphatic rings. The molecule has 0 aromatic heterocycles. The Morgan fingerprint density at radius 3 is 2.65 bits per heavy atom. The molecule has 174 valence electrons. The van der Waals surface area contributed by atoms with E-state index in [1.54, 1.807) is 6.92 Å². The van der Waals surface area contributed by atoms with Gasteiger partial charge in [-0.05, 0) is 58.4 Å². The summed E-state index contributed by atoms with van der Waals surface area (Å²) in [6.45, 7) is 9.85. The van der Waals surface area contributed by atoms with E-state index in [0.29, 0.717) is 5.92 Å². The second-order valence-electron chi connectivity index (χ2n) is 9.03. The summed E-state index contributed by atoms with van der Waals surface area (Å²) in [5.41, 5.74) is 2.18. The van der Waals surface area contributed by atoms with Crippen molar-refractivity contribution in [1.82, 2.24) is 5.32 Å². The third-order valence-corrected chi connectivity index (χ3v) is 5.92. The van der Waals surface area contributed by atoms with Gasteiger partial charge in [0.2, 0.25) is 5.91 Å². The Labute approximate surface area is 186 Å². The highest BCUT2D eigenvalue weighted by Crippen LogP contribution is 2.28. The van der Waals surface area contributed by atoms with E-state index in [-0.39, 0.29) is 36.4 Å². The summed E-state index contributed by atoms with van der Waals surface area (Å²) in [7, 11) is 0. The molecule has 2 aliphatic heterocycles. The molecule has 0 bridgehead atoms. The lowest BCUT2D eigenvalue weighted by Gasteiger charge is -2.39. The molecular weight excluding hydrogens is 394 g/mol. The summed E-state index contributed by atoms with van der Waals surface area (Å²) in [6.07, 6.45) is 13.0. The first-order valence-electron chi connectivity index (χ1n) is 11.3. The summed E-state index contributed by atoms with van der Waals surface area (Å²) in [4.78, 5) is 12.0. The SMILES string of the molecule is CC(/C=C/C1C/C(=C/O)CC(C)O1)=C\CC1OC(C)C(NC(=O)/C=C\C(C)O)CC1C. The second-order valence-corrected chi connectivity index (χ2v) is 9.03. The molecule has 7 unspecified atom stereocenters. The number of ether oxygens (including phenoxy) is 2. The van der Waals surface area contributed by atoms with Crippen LogP contribution in [0, 0.1) is 5.92 Å². The fraction of sp³-hybridized carbons (Fsp3) is 0.640. The molecule has 0 aromatic rings. The lowest BCUT2D eigenvalue weighted by molar-refractivity contribution is -0.123. The summed E-state index contributed by atoms with van der Waals surface area (Å²) in [5, 5.41) is 21.5. The van der Waals surface area contributed by atoms with Gasteiger partial charge in [0.1, 0.15) is 0 Å². The Morgan fingerprint density at radius 2 is 1.97 bits per heavy atom. The Morgan fingerprint density at radius 1 is 1.23 bits per heavy atom. The van der Waals surface area contributed by atoms with Crippen molar-refractivity contribution < 1.29 is 24.5 Å². The number of nitrogens with one attached hydrogen (secondary N) is 1. The number of hydrogen-bond acceptors (Lipinski definition) is 5. The van der Waals surface area contributed by atoms with Gasteiger partial charge in [-0.3, -0.25) is 4.79 Å². The number of carbonyl (C=O) groups excluding carboxylic acids is 1. The van der Waals surface area contributed by atoms with Gasteiger partial charge in [-0.2, -0.15) is 0 Å². The lowest BCUT2D eigenvalue weighted by atomic mass is 9.88. The van der Waals surface area contributed by atoms with Crippen LogP contribution >= 0.6 is 0 Å². The van der Waals surface area contributed by atoms with Crippen LogP contribution in [0.15, 0.2) is 47.8 Å². The van der Waals surface area contributed by atoms with E-state index in [0.717, 1.165) is 36.8 Å². The molecule has 0 radical (unpaired) electrons. The quantitative estimate of drug-likeness (QED) is 0.319. The Kier molecular flexibility index (Phi) is 10.0. The summed E-state index contributed by atoms with van der Waals surface area (Å²) in [6, 6.07) is -0.0402. The standard InChI is InChI=1S/C25H39NO5/c1-16(6-9-22-14-21(15-27)13-19(4)30-22)7-10-24-17(2)12-23(20(5)31-24)26-25(29)11-8-18(3)28/h6-9,11,15,17-20,22-24,27-28H,10,12-14H2,1-5H3,(H,26,29)/b9-6+,11-8-,16-7+,21-15+. The zero-order valence-corrected chi connectivity index (χ0v) is 19.5. The summed E-state index contributed by atoms with van der Waals surface area (Å²) < 4.78 is 12.1. The van der Waals surface area contributed by atoms with Crippen LogP contribution in [0.3, 0.4) is 0 Å². The monoisotopic (exact) mass is 433 g/mol. The molecule has 2 heterocycles. The van der Waals surface area contributed by atoms with E-state index in [9.17, 15) is 15.0 Å². The fourth-order valence-corrected chi connectivity index (χ4v) is 4.12. The van der Waals surface area contributed by atoms with Crippen molar-refractivity contribution in [3.05, 3.63) is 47.8 Å². The number of carbonyl (C=O) groups is 1. The molecule has 1 amide bonds. The molecule has 3 N–H and O–H groups in total. The molecule has 0 saturated carbocycles. The predicted molar refractivity (Wildman–Crippen MR) is 123 cm³/mol. The smallest absolute Gasteiger partial charge is 0.244 e. The lowest BCUT2D eigenvalue weighted by Crippen LogP contribution is -2.50. The zero-order chi connectivity index (χ0) is 23.0. The van der Waals surface area contributed by atoms with E-state index >= 15 is 0 Å². The predicted octanol–water partition coefficient (Wildman–Crippen LogP) is 4.12. The van der Waals surface area contributed by atoms with Gasteiger partial charge in [0.15, 0.2) is 0 Å². The maximum Gasteiger partial charge on any atom is 0.244 e. The van der Waals surface area contributed by atoms with Gasteiger partial charge in [-0.1, -0.05) is 36.8 Å². The van der Waals surface area contributed by atoms with Crippen LogP contribution in [0.5, 0.6) is 0 Å². The number of amides is 1. The average molecular weight is 434 g/mol. The van der Waals surface area contributed by atoms with Gasteiger partial charge in [0, 0.05) is 12.5 Å². The van der Waals surface area contributed by atoms with Crippen LogP contribution in [0.25, 0.3) is 0 Å². The van der Waals surface area contributed by atoms with Crippen molar-refractivity contribution in [1.29, 1.82) is 0 Å². The minimum absolute atomic E-state index is 0.0115. The van der Waals surface area contributed by atoms with Crippen LogP contribution in [0.4, 0.5) is 0 Å². The zero-order valence-electron chi connectivity index (χ0n) is 19.5. The van der Waals surface area contributed by atoms with Crippen LogP contribution in [0.1, 0.15) is 60.3 Å². The maximum atomic E-state index is 12.0. The Balaban J connectivity index is 1.85. The van der Waals surface area contributed by atoms with Gasteiger partial charge in [-0.15, -0.1) is 0 Å². The van der Waals surface area contributed by atoms with Crippen molar-refractivity contribution in [2.75, 3.05) is 0 Å². The number of rotatable bonds is 7. The molecule has 0 aliphatic carbocycles. The van der Waals surface area contributed by atoms with E-state index in [1.807, 2.05) is 13.8 Å². The Bertz CT molecular complexity index is 709. The summed E-state index contributed by atoms with van der Waals surface area (Å²) >= 11 is 0. The van der Waals surface area contributed by atoms with Gasteiger partial charge >= 0.3 is 0 Å². The van der Waals surface area contributed by atoms with E-state index < -0.39 is 6.10 Å².